The van der Waals surface area contributed by atoms with E-state index in [1.165, 1.54) is 12.1 Å². The van der Waals surface area contributed by atoms with Gasteiger partial charge >= 0.3 is 0 Å². The molecule has 0 spiro atoms. The van der Waals surface area contributed by atoms with Gasteiger partial charge in [0.25, 0.3) is 0 Å². The molecule has 0 saturated heterocycles. The maximum absolute atomic E-state index is 14.1. The van der Waals surface area contributed by atoms with Crippen LogP contribution in [0, 0.1) is 39.3 Å². The van der Waals surface area contributed by atoms with E-state index in [2.05, 4.69) is 0 Å². The van der Waals surface area contributed by atoms with Crippen LogP contribution in [0.3, 0.4) is 0 Å². The van der Waals surface area contributed by atoms with E-state index in [1.807, 2.05) is 13.8 Å². The molecule has 0 amide bonds. The second-order valence-corrected chi connectivity index (χ2v) is 4.82. The highest BCUT2D eigenvalue weighted by Crippen LogP contribution is 2.32. The molecule has 2 nitrogen and oxygen atoms in total. The lowest BCUT2D eigenvalue weighted by molar-refractivity contribution is 0.495. The molecule has 2 N–H and O–H groups in total. The van der Waals surface area contributed by atoms with Crippen molar-refractivity contribution >= 4 is 0 Å². The minimum Gasteiger partial charge on any atom is -0.466 e. The van der Waals surface area contributed by atoms with Crippen molar-refractivity contribution in [3.05, 3.63) is 57.5 Å². The summed E-state index contributed by atoms with van der Waals surface area (Å²) in [5.74, 6) is 0.0950. The number of furan rings is 1. The van der Waals surface area contributed by atoms with Crippen LogP contribution in [0.25, 0.3) is 0 Å². The minimum atomic E-state index is -0.864. The summed E-state index contributed by atoms with van der Waals surface area (Å²) in [7, 11) is 0. The van der Waals surface area contributed by atoms with Crippen LogP contribution in [-0.4, -0.2) is 0 Å². The lowest BCUT2D eigenvalue weighted by atomic mass is 9.94. The van der Waals surface area contributed by atoms with Crippen LogP contribution in [0.1, 0.15) is 39.8 Å². The first kappa shape index (κ1) is 13.7. The molecule has 0 radical (unpaired) electrons. The van der Waals surface area contributed by atoms with Crippen LogP contribution in [0.15, 0.2) is 16.5 Å². The lowest BCUT2D eigenvalue weighted by Crippen LogP contribution is -2.17. The standard InChI is InChI=1S/C15H17F2NO/c1-7-5-6-11(16)13(14(7)17)15(18)12-8(2)9(3)19-10(12)4/h5-6,15H,18H2,1-4H3. The molecule has 1 aromatic heterocycles. The maximum atomic E-state index is 14.1. The number of nitrogens with two attached hydrogens (primary N) is 1. The van der Waals surface area contributed by atoms with Gasteiger partial charge in [0.15, 0.2) is 0 Å². The third-order valence-electron chi connectivity index (χ3n) is 3.56. The van der Waals surface area contributed by atoms with Crippen molar-refractivity contribution in [3.63, 3.8) is 0 Å². The Labute approximate surface area is 111 Å². The van der Waals surface area contributed by atoms with E-state index >= 15 is 0 Å². The normalized spacial score (nSPS) is 12.8. The molecule has 1 unspecified atom stereocenters. The van der Waals surface area contributed by atoms with Gasteiger partial charge in [-0.15, -0.1) is 0 Å². The zero-order valence-electron chi connectivity index (χ0n) is 11.5. The maximum Gasteiger partial charge on any atom is 0.134 e. The molecule has 2 rings (SSSR count). The molecule has 0 aliphatic carbocycles. The summed E-state index contributed by atoms with van der Waals surface area (Å²) < 4.78 is 33.5. The third-order valence-corrected chi connectivity index (χ3v) is 3.56. The largest absolute Gasteiger partial charge is 0.466 e. The molecular weight excluding hydrogens is 248 g/mol. The zero-order valence-corrected chi connectivity index (χ0v) is 11.5. The molecule has 4 heteroatoms. The van der Waals surface area contributed by atoms with Gasteiger partial charge in [-0.2, -0.15) is 0 Å². The summed E-state index contributed by atoms with van der Waals surface area (Å²) >= 11 is 0. The average molecular weight is 265 g/mol. The van der Waals surface area contributed by atoms with Crippen molar-refractivity contribution < 1.29 is 13.2 Å². The van der Waals surface area contributed by atoms with Crippen LogP contribution in [0.2, 0.25) is 0 Å². The lowest BCUT2D eigenvalue weighted by Gasteiger charge is -2.16. The Bertz CT molecular complexity index is 632. The first-order valence-electron chi connectivity index (χ1n) is 6.11. The smallest absolute Gasteiger partial charge is 0.134 e. The molecule has 0 saturated carbocycles. The highest BCUT2D eigenvalue weighted by Gasteiger charge is 2.25. The van der Waals surface area contributed by atoms with Crippen molar-refractivity contribution in [2.24, 2.45) is 5.73 Å². The highest BCUT2D eigenvalue weighted by molar-refractivity contribution is 5.42. The van der Waals surface area contributed by atoms with Crippen LogP contribution < -0.4 is 5.73 Å². The average Bonchev–Trinajstić information content (AvgIpc) is 2.58. The molecule has 0 aliphatic heterocycles. The summed E-state index contributed by atoms with van der Waals surface area (Å²) in [6.45, 7) is 6.99. The predicted octanol–water partition coefficient (Wildman–Crippen LogP) is 3.84. The summed E-state index contributed by atoms with van der Waals surface area (Å²) in [4.78, 5) is 0. The van der Waals surface area contributed by atoms with Gasteiger partial charge in [0.05, 0.1) is 6.04 Å². The number of rotatable bonds is 2. The van der Waals surface area contributed by atoms with Crippen molar-refractivity contribution in [2.75, 3.05) is 0 Å². The Balaban J connectivity index is 2.62. The molecule has 0 fully saturated rings. The van der Waals surface area contributed by atoms with Crippen LogP contribution >= 0.6 is 0 Å². The Hall–Kier alpha value is -1.68. The second kappa shape index (κ2) is 4.78. The van der Waals surface area contributed by atoms with Crippen molar-refractivity contribution in [1.29, 1.82) is 0 Å². The fraction of sp³-hybridized carbons (Fsp3) is 0.333. The van der Waals surface area contributed by atoms with E-state index in [1.54, 1.807) is 13.8 Å². The first-order chi connectivity index (χ1) is 8.84. The summed E-state index contributed by atoms with van der Waals surface area (Å²) in [5.41, 5.74) is 7.83. The number of halogens is 2. The SMILES string of the molecule is Cc1ccc(F)c(C(N)c2c(C)oc(C)c2C)c1F. The Morgan fingerprint density at radius 3 is 2.16 bits per heavy atom. The number of benzene rings is 1. The van der Waals surface area contributed by atoms with E-state index in [0.717, 1.165) is 11.3 Å². The number of hydrogen-bond donors (Lipinski definition) is 1. The van der Waals surface area contributed by atoms with Gasteiger partial charge in [0.2, 0.25) is 0 Å². The molecule has 0 aliphatic rings. The summed E-state index contributed by atoms with van der Waals surface area (Å²) in [6, 6.07) is 1.78. The number of aryl methyl sites for hydroxylation is 3. The Morgan fingerprint density at radius 2 is 1.63 bits per heavy atom. The fourth-order valence-electron chi connectivity index (χ4n) is 2.37. The van der Waals surface area contributed by atoms with Gasteiger partial charge in [0.1, 0.15) is 23.2 Å². The summed E-state index contributed by atoms with van der Waals surface area (Å²) in [5, 5.41) is 0. The van der Waals surface area contributed by atoms with Crippen LogP contribution in [0.5, 0.6) is 0 Å². The van der Waals surface area contributed by atoms with Crippen molar-refractivity contribution in [1.82, 2.24) is 0 Å². The first-order valence-corrected chi connectivity index (χ1v) is 6.11. The Kier molecular flexibility index (Phi) is 3.45. The van der Waals surface area contributed by atoms with Gasteiger partial charge in [-0.3, -0.25) is 0 Å². The van der Waals surface area contributed by atoms with E-state index in [-0.39, 0.29) is 5.56 Å². The van der Waals surface area contributed by atoms with Gasteiger partial charge in [-0.25, -0.2) is 8.78 Å². The molecule has 1 heterocycles. The third kappa shape index (κ3) is 2.16. The molecular formula is C15H17F2NO. The van der Waals surface area contributed by atoms with E-state index in [9.17, 15) is 8.78 Å². The zero-order chi connectivity index (χ0) is 14.3. The highest BCUT2D eigenvalue weighted by atomic mass is 19.1. The van der Waals surface area contributed by atoms with Gasteiger partial charge < -0.3 is 10.2 Å². The molecule has 1 aromatic carbocycles. The quantitative estimate of drug-likeness (QED) is 0.896. The monoisotopic (exact) mass is 265 g/mol. The molecule has 19 heavy (non-hydrogen) atoms. The second-order valence-electron chi connectivity index (χ2n) is 4.82. The van der Waals surface area contributed by atoms with E-state index in [0.29, 0.717) is 16.9 Å². The number of hydrogen-bond acceptors (Lipinski definition) is 2. The van der Waals surface area contributed by atoms with Gasteiger partial charge in [-0.1, -0.05) is 6.07 Å². The molecule has 102 valence electrons. The molecule has 1 atom stereocenters. The van der Waals surface area contributed by atoms with Crippen LogP contribution in [0.4, 0.5) is 8.78 Å². The minimum absolute atomic E-state index is 0.105. The molecule has 0 bridgehead atoms. The topological polar surface area (TPSA) is 39.2 Å². The van der Waals surface area contributed by atoms with Gasteiger partial charge in [0, 0.05) is 11.1 Å². The fourth-order valence-corrected chi connectivity index (χ4v) is 2.37. The van der Waals surface area contributed by atoms with Crippen molar-refractivity contribution in [2.45, 2.75) is 33.7 Å². The van der Waals surface area contributed by atoms with E-state index in [4.69, 9.17) is 10.2 Å². The Morgan fingerprint density at radius 1 is 1.00 bits per heavy atom. The van der Waals surface area contributed by atoms with E-state index < -0.39 is 17.7 Å². The molecule has 2 aromatic rings. The van der Waals surface area contributed by atoms with Crippen molar-refractivity contribution in [3.8, 4) is 0 Å². The van der Waals surface area contributed by atoms with Crippen LogP contribution in [-0.2, 0) is 0 Å². The van der Waals surface area contributed by atoms with Gasteiger partial charge in [-0.05, 0) is 44.9 Å². The summed E-state index contributed by atoms with van der Waals surface area (Å²) in [6.07, 6.45) is 0. The predicted molar refractivity (Wildman–Crippen MR) is 70.0 cm³/mol.